The number of primary amides is 1. The third kappa shape index (κ3) is 5.65. The lowest BCUT2D eigenvalue weighted by molar-refractivity contribution is -0.147. The van der Waals surface area contributed by atoms with Crippen LogP contribution in [0.2, 0.25) is 0 Å². The van der Waals surface area contributed by atoms with Gasteiger partial charge in [0.05, 0.1) is 32.4 Å². The van der Waals surface area contributed by atoms with Gasteiger partial charge in [-0.1, -0.05) is 26.8 Å². The highest BCUT2D eigenvalue weighted by atomic mass is 32.2. The van der Waals surface area contributed by atoms with Gasteiger partial charge in [-0.15, -0.1) is 0 Å². The summed E-state index contributed by atoms with van der Waals surface area (Å²) in [5.41, 5.74) is 6.42. The van der Waals surface area contributed by atoms with Gasteiger partial charge in [0.1, 0.15) is 34.2 Å². The van der Waals surface area contributed by atoms with Gasteiger partial charge in [-0.3, -0.25) is 14.4 Å². The molecule has 3 aromatic rings. The Morgan fingerprint density at radius 1 is 1.04 bits per heavy atom. The highest BCUT2D eigenvalue weighted by Gasteiger charge is 2.52. The molecule has 14 heteroatoms. The van der Waals surface area contributed by atoms with Crippen LogP contribution in [-0.2, 0) is 24.3 Å². The molecule has 0 unspecified atom stereocenters. The molecule has 252 valence electrons. The maximum atomic E-state index is 14.4. The fourth-order valence-electron chi connectivity index (χ4n) is 7.28. The van der Waals surface area contributed by atoms with Crippen molar-refractivity contribution in [3.8, 4) is 5.75 Å². The highest BCUT2D eigenvalue weighted by Crippen LogP contribution is 2.41. The predicted octanol–water partition coefficient (Wildman–Crippen LogP) is 2.68. The number of carbonyl (C=O) groups is 3. The number of aryl methyl sites for hydroxylation is 1. The monoisotopic (exact) mass is 669 g/mol. The fourth-order valence-corrected chi connectivity index (χ4v) is 9.07. The molecule has 0 aliphatic carbocycles. The lowest BCUT2D eigenvalue weighted by Gasteiger charge is -2.42. The van der Waals surface area contributed by atoms with Crippen molar-refractivity contribution in [1.82, 2.24) is 18.7 Å². The standard InChI is InChI=1S/C33H40FN5O7S/c1-19-6-9-27(45-5)28(12-19)47(43,44)38-10-11-46-18-26(38)31(41)36-16-23-15-22(36)17-37(23)32(42)29(33(2,3)4)39-24-8-7-21(34)13-20(24)14-25(39)30(35)40/h6-9,12-14,22-23,26,29H,10-11,15-18H2,1-5H3,(H2,35,40)/t22-,23-,26+,29+/m0/s1. The molecule has 2 bridgehead atoms. The fraction of sp³-hybridized carbons (Fsp3) is 0.485. The van der Waals surface area contributed by atoms with E-state index in [9.17, 15) is 27.2 Å². The first-order valence-electron chi connectivity index (χ1n) is 15.6. The van der Waals surface area contributed by atoms with Gasteiger partial charge >= 0.3 is 0 Å². The molecule has 3 aliphatic rings. The van der Waals surface area contributed by atoms with E-state index in [1.807, 2.05) is 20.8 Å². The van der Waals surface area contributed by atoms with Gasteiger partial charge < -0.3 is 29.6 Å². The molecule has 4 atom stereocenters. The number of halogens is 1. The number of hydrogen-bond acceptors (Lipinski definition) is 7. The summed E-state index contributed by atoms with van der Waals surface area (Å²) in [5.74, 6) is -1.63. The minimum absolute atomic E-state index is 0.00652. The first-order chi connectivity index (χ1) is 22.1. The Balaban J connectivity index is 1.26. The second kappa shape index (κ2) is 11.9. The van der Waals surface area contributed by atoms with Crippen molar-refractivity contribution in [3.63, 3.8) is 0 Å². The van der Waals surface area contributed by atoms with E-state index in [2.05, 4.69) is 0 Å². The summed E-state index contributed by atoms with van der Waals surface area (Å²) in [6.07, 6.45) is 0.528. The molecule has 3 amide bonds. The lowest BCUT2D eigenvalue weighted by Crippen LogP contribution is -2.60. The number of piperazine rings is 1. The minimum atomic E-state index is -4.12. The normalized spacial score (nSPS) is 22.6. The van der Waals surface area contributed by atoms with Crippen LogP contribution in [0.15, 0.2) is 47.4 Å². The van der Waals surface area contributed by atoms with Gasteiger partial charge in [0.25, 0.3) is 5.91 Å². The number of likely N-dealkylation sites (tertiary alicyclic amines) is 2. The number of benzene rings is 2. The number of aromatic nitrogens is 1. The van der Waals surface area contributed by atoms with E-state index in [1.54, 1.807) is 33.4 Å². The van der Waals surface area contributed by atoms with Crippen molar-refractivity contribution in [2.45, 2.75) is 63.2 Å². The van der Waals surface area contributed by atoms with Gasteiger partial charge in [-0.2, -0.15) is 4.31 Å². The molecule has 2 N–H and O–H groups in total. The number of hydrogen-bond donors (Lipinski definition) is 1. The molecule has 47 heavy (non-hydrogen) atoms. The maximum Gasteiger partial charge on any atom is 0.265 e. The van der Waals surface area contributed by atoms with Crippen molar-refractivity contribution in [1.29, 1.82) is 0 Å². The molecule has 0 spiro atoms. The zero-order valence-corrected chi connectivity index (χ0v) is 27.9. The number of ether oxygens (including phenoxy) is 2. The molecular weight excluding hydrogens is 629 g/mol. The Kier molecular flexibility index (Phi) is 8.33. The molecular formula is C33H40FN5O7S. The highest BCUT2D eigenvalue weighted by molar-refractivity contribution is 7.89. The van der Waals surface area contributed by atoms with Crippen LogP contribution in [0.4, 0.5) is 4.39 Å². The summed E-state index contributed by atoms with van der Waals surface area (Å²) in [6, 6.07) is 7.93. The third-order valence-corrected chi connectivity index (χ3v) is 11.4. The average Bonchev–Trinajstić information content (AvgIpc) is 3.73. The average molecular weight is 670 g/mol. The molecule has 2 aromatic carbocycles. The number of sulfonamides is 1. The van der Waals surface area contributed by atoms with E-state index < -0.39 is 39.2 Å². The molecule has 3 aliphatic heterocycles. The Morgan fingerprint density at radius 2 is 1.74 bits per heavy atom. The van der Waals surface area contributed by atoms with Gasteiger partial charge in [0, 0.05) is 30.5 Å². The van der Waals surface area contributed by atoms with E-state index in [4.69, 9.17) is 15.2 Å². The van der Waals surface area contributed by atoms with E-state index in [-0.39, 0.29) is 73.1 Å². The van der Waals surface area contributed by atoms with Crippen LogP contribution < -0.4 is 10.5 Å². The van der Waals surface area contributed by atoms with Crippen LogP contribution >= 0.6 is 0 Å². The summed E-state index contributed by atoms with van der Waals surface area (Å²) >= 11 is 0. The first kappa shape index (κ1) is 32.9. The number of methoxy groups -OCH3 is 1. The smallest absolute Gasteiger partial charge is 0.265 e. The van der Waals surface area contributed by atoms with E-state index in [0.29, 0.717) is 17.3 Å². The lowest BCUT2D eigenvalue weighted by atomic mass is 9.85. The van der Waals surface area contributed by atoms with Gasteiger partial charge in [0.2, 0.25) is 21.8 Å². The molecule has 1 aromatic heterocycles. The Labute approximate surface area is 273 Å². The summed E-state index contributed by atoms with van der Waals surface area (Å²) in [6.45, 7) is 7.99. The second-order valence-electron chi connectivity index (χ2n) is 13.6. The first-order valence-corrected chi connectivity index (χ1v) is 17.0. The van der Waals surface area contributed by atoms with Crippen LogP contribution in [0.3, 0.4) is 0 Å². The van der Waals surface area contributed by atoms with E-state index in [0.717, 1.165) is 5.56 Å². The topological polar surface area (TPSA) is 144 Å². The molecule has 0 saturated carbocycles. The Bertz CT molecular complexity index is 1870. The van der Waals surface area contributed by atoms with Crippen molar-refractivity contribution >= 4 is 38.6 Å². The molecule has 3 fully saturated rings. The zero-order valence-electron chi connectivity index (χ0n) is 27.1. The Hall–Kier alpha value is -4.01. The summed E-state index contributed by atoms with van der Waals surface area (Å²) in [7, 11) is -2.72. The number of nitrogens with two attached hydrogens (primary N) is 1. The number of morpholine rings is 1. The quantitative estimate of drug-likeness (QED) is 0.408. The molecule has 4 heterocycles. The number of amides is 3. The summed E-state index contributed by atoms with van der Waals surface area (Å²) in [4.78, 5) is 44.5. The van der Waals surface area contributed by atoms with Crippen LogP contribution in [-0.4, -0.2) is 103 Å². The van der Waals surface area contributed by atoms with E-state index in [1.165, 1.54) is 41.7 Å². The zero-order chi connectivity index (χ0) is 34.0. The third-order valence-electron chi connectivity index (χ3n) is 9.44. The van der Waals surface area contributed by atoms with Crippen LogP contribution in [0.1, 0.15) is 49.3 Å². The van der Waals surface area contributed by atoms with Crippen molar-refractivity contribution in [3.05, 3.63) is 59.5 Å². The SMILES string of the molecule is COc1ccc(C)cc1S(=O)(=O)N1CCOC[C@@H]1C(=O)N1C[C@@H]2C[C@H]1CN2C(=O)[C@@H](n1c(C(N)=O)cc2cc(F)ccc21)C(C)(C)C. The van der Waals surface area contributed by atoms with Crippen molar-refractivity contribution in [2.75, 3.05) is 40.0 Å². The van der Waals surface area contributed by atoms with Crippen LogP contribution in [0, 0.1) is 18.2 Å². The number of fused-ring (bicyclic) bond motifs is 3. The molecule has 12 nitrogen and oxygen atoms in total. The number of nitrogens with zero attached hydrogens (tertiary/aromatic N) is 4. The summed E-state index contributed by atoms with van der Waals surface area (Å²) in [5, 5.41) is 0.457. The Morgan fingerprint density at radius 3 is 2.38 bits per heavy atom. The second-order valence-corrected chi connectivity index (χ2v) is 15.5. The molecule has 6 rings (SSSR count). The van der Waals surface area contributed by atoms with Gasteiger partial charge in [0.15, 0.2) is 0 Å². The molecule has 0 radical (unpaired) electrons. The van der Waals surface area contributed by atoms with Crippen LogP contribution in [0.25, 0.3) is 10.9 Å². The van der Waals surface area contributed by atoms with Gasteiger partial charge in [-0.05, 0) is 60.7 Å². The van der Waals surface area contributed by atoms with Gasteiger partial charge in [-0.25, -0.2) is 12.8 Å². The number of carbonyl (C=O) groups excluding carboxylic acids is 3. The predicted molar refractivity (Wildman–Crippen MR) is 171 cm³/mol. The van der Waals surface area contributed by atoms with Crippen LogP contribution in [0.5, 0.6) is 5.75 Å². The van der Waals surface area contributed by atoms with E-state index >= 15 is 0 Å². The maximum absolute atomic E-state index is 14.4. The van der Waals surface area contributed by atoms with Crippen molar-refractivity contribution < 1.29 is 36.7 Å². The summed E-state index contributed by atoms with van der Waals surface area (Å²) < 4.78 is 55.7. The minimum Gasteiger partial charge on any atom is -0.495 e. The largest absolute Gasteiger partial charge is 0.495 e. The number of rotatable bonds is 7. The van der Waals surface area contributed by atoms with Crippen molar-refractivity contribution in [2.24, 2.45) is 11.1 Å². The molecule has 3 saturated heterocycles.